The van der Waals surface area contributed by atoms with E-state index in [4.69, 9.17) is 55.9 Å². The normalized spacial score (nSPS) is 19.1. The second kappa shape index (κ2) is 25.0. The van der Waals surface area contributed by atoms with Crippen molar-refractivity contribution in [1.29, 1.82) is 0 Å². The number of hydrogen-bond acceptors (Lipinski definition) is 17. The van der Waals surface area contributed by atoms with Crippen molar-refractivity contribution in [1.82, 2.24) is 15.5 Å². The van der Waals surface area contributed by atoms with Gasteiger partial charge < -0.3 is 53.4 Å². The molecule has 1 aliphatic rings. The zero-order valence-electron chi connectivity index (χ0n) is 34.1. The third kappa shape index (κ3) is 16.8. The van der Waals surface area contributed by atoms with Gasteiger partial charge in [-0.05, 0) is 31.0 Å². The van der Waals surface area contributed by atoms with Crippen LogP contribution >= 0.6 is 11.6 Å². The zero-order chi connectivity index (χ0) is 45.0. The largest absolute Gasteiger partial charge is 0.465 e. The van der Waals surface area contributed by atoms with Crippen molar-refractivity contribution in [3.8, 4) is 12.3 Å². The van der Waals surface area contributed by atoms with Gasteiger partial charge in [-0.3, -0.25) is 38.4 Å². The van der Waals surface area contributed by atoms with Crippen molar-refractivity contribution >= 4 is 65.1 Å². The summed E-state index contributed by atoms with van der Waals surface area (Å²) in [5, 5.41) is 5.54. The van der Waals surface area contributed by atoms with E-state index in [9.17, 15) is 43.2 Å². The second-order valence-electron chi connectivity index (χ2n) is 13.1. The van der Waals surface area contributed by atoms with Crippen molar-refractivity contribution < 1.29 is 81.0 Å². The van der Waals surface area contributed by atoms with Crippen LogP contribution in [-0.4, -0.2) is 141 Å². The van der Waals surface area contributed by atoms with Gasteiger partial charge in [0.2, 0.25) is 11.8 Å². The predicted octanol–water partition coefficient (Wildman–Crippen LogP) is 0.322. The molecular weight excluding hydrogens is 818 g/mol. The van der Waals surface area contributed by atoms with Gasteiger partial charge in [0, 0.05) is 39.1 Å². The summed E-state index contributed by atoms with van der Waals surface area (Å²) in [5.74, 6) is -7.91. The third-order valence-electron chi connectivity index (χ3n) is 8.32. The summed E-state index contributed by atoms with van der Waals surface area (Å²) in [6.45, 7) is 3.31. The summed E-state index contributed by atoms with van der Waals surface area (Å²) < 4.78 is 43.8. The van der Waals surface area contributed by atoms with Crippen LogP contribution in [0.25, 0.3) is 0 Å². The highest BCUT2D eigenvalue weighted by molar-refractivity contribution is 6.30. The number of amides is 3. The third-order valence-corrected chi connectivity index (χ3v) is 8.57. The number of halogens is 1. The molecule has 0 spiro atoms. The molecule has 2 N–H and O–H groups in total. The Balaban J connectivity index is 2.63. The molecule has 1 heterocycles. The summed E-state index contributed by atoms with van der Waals surface area (Å²) >= 11 is 5.95. The van der Waals surface area contributed by atoms with E-state index < -0.39 is 123 Å². The van der Waals surface area contributed by atoms with E-state index in [0.717, 1.165) is 39.7 Å². The summed E-state index contributed by atoms with van der Waals surface area (Å²) in [6, 6.07) is 4.80. The molecule has 20 nitrogen and oxygen atoms in total. The lowest BCUT2D eigenvalue weighted by molar-refractivity contribution is -0.313. The molecule has 6 atom stereocenters. The number of carbonyl (C=O) groups excluding carboxylic acids is 9. The number of methoxy groups -OCH3 is 1. The molecule has 0 radical (unpaired) electrons. The Morgan fingerprint density at radius 1 is 0.950 bits per heavy atom. The first-order chi connectivity index (χ1) is 28.3. The smallest absolute Gasteiger partial charge is 0.366 e. The molecule has 1 saturated heterocycles. The first-order valence-electron chi connectivity index (χ1n) is 18.6. The van der Waals surface area contributed by atoms with Gasteiger partial charge in [-0.1, -0.05) is 29.7 Å². The molecule has 1 fully saturated rings. The molecule has 0 aromatic heterocycles. The average Bonchev–Trinajstić information content (AvgIpc) is 3.17. The van der Waals surface area contributed by atoms with Gasteiger partial charge in [0.25, 0.3) is 11.7 Å². The van der Waals surface area contributed by atoms with E-state index in [1.807, 2.05) is 0 Å². The summed E-state index contributed by atoms with van der Waals surface area (Å²) in [4.78, 5) is 116. The number of hydrogen-bond donors (Lipinski definition) is 2. The Morgan fingerprint density at radius 3 is 2.18 bits per heavy atom. The summed E-state index contributed by atoms with van der Waals surface area (Å²) in [5.41, 5.74) is 0.567. The van der Waals surface area contributed by atoms with Crippen molar-refractivity contribution in [3.63, 3.8) is 0 Å². The van der Waals surface area contributed by atoms with Gasteiger partial charge in [0.15, 0.2) is 18.8 Å². The second-order valence-corrected chi connectivity index (χ2v) is 13.5. The monoisotopic (exact) mass is 867 g/mol. The lowest BCUT2D eigenvalue weighted by Crippen LogP contribution is -2.70. The van der Waals surface area contributed by atoms with Crippen LogP contribution < -0.4 is 10.6 Å². The van der Waals surface area contributed by atoms with Crippen molar-refractivity contribution in [2.75, 3.05) is 46.6 Å². The lowest BCUT2D eigenvalue weighted by atomic mass is 9.87. The van der Waals surface area contributed by atoms with Gasteiger partial charge in [0.1, 0.15) is 18.8 Å². The number of nitrogens with one attached hydrogen (secondary N) is 2. The van der Waals surface area contributed by atoms with Gasteiger partial charge >= 0.3 is 35.8 Å². The van der Waals surface area contributed by atoms with E-state index in [1.54, 1.807) is 31.2 Å². The lowest BCUT2D eigenvalue weighted by Gasteiger charge is -2.48. The number of carbonyl (C=O) groups is 9. The van der Waals surface area contributed by atoms with Crippen molar-refractivity contribution in [3.05, 3.63) is 34.9 Å². The maximum atomic E-state index is 13.7. The molecule has 60 heavy (non-hydrogen) atoms. The highest BCUT2D eigenvalue weighted by atomic mass is 35.5. The Labute approximate surface area is 351 Å². The van der Waals surface area contributed by atoms with Crippen LogP contribution in [0.2, 0.25) is 5.02 Å². The number of terminal acetylenes is 1. The van der Waals surface area contributed by atoms with Crippen molar-refractivity contribution in [2.45, 2.75) is 96.5 Å². The minimum atomic E-state index is -2.54. The Hall–Kier alpha value is -5.78. The zero-order valence-corrected chi connectivity index (χ0v) is 34.9. The molecular formula is C39H50ClN3O17. The number of rotatable bonds is 22. The Morgan fingerprint density at radius 2 is 1.62 bits per heavy atom. The molecule has 3 amide bonds. The quantitative estimate of drug-likeness (QED) is 0.0689. The first kappa shape index (κ1) is 50.4. The van der Waals surface area contributed by atoms with Crippen LogP contribution in [-0.2, 0) is 87.5 Å². The maximum absolute atomic E-state index is 13.7. The van der Waals surface area contributed by atoms with E-state index in [-0.39, 0.29) is 32.4 Å². The molecule has 0 saturated carbocycles. The van der Waals surface area contributed by atoms with Crippen LogP contribution in [0.1, 0.15) is 59.4 Å². The maximum Gasteiger partial charge on any atom is 0.366 e. The number of ether oxygens (including phenoxy) is 8. The van der Waals surface area contributed by atoms with Crippen LogP contribution in [0.3, 0.4) is 0 Å². The highest BCUT2D eigenvalue weighted by Gasteiger charge is 2.59. The fraction of sp³-hybridized carbons (Fsp3) is 0.564. The van der Waals surface area contributed by atoms with Gasteiger partial charge in [-0.25, -0.2) is 4.79 Å². The highest BCUT2D eigenvalue weighted by Crippen LogP contribution is 2.37. The van der Waals surface area contributed by atoms with Crippen LogP contribution in [0.4, 0.5) is 0 Å². The molecule has 1 aromatic carbocycles. The topological polar surface area (TPSA) is 255 Å². The Kier molecular flexibility index (Phi) is 21.0. The number of benzene rings is 1. The van der Waals surface area contributed by atoms with Gasteiger partial charge in [0.05, 0.1) is 52.3 Å². The number of esters is 6. The van der Waals surface area contributed by atoms with E-state index in [2.05, 4.69) is 16.6 Å². The molecule has 1 aliphatic heterocycles. The number of nitrogens with zero attached hydrogens (tertiary/aromatic N) is 1. The molecule has 1 aromatic rings. The predicted molar refractivity (Wildman–Crippen MR) is 205 cm³/mol. The molecule has 0 bridgehead atoms. The minimum Gasteiger partial charge on any atom is -0.465 e. The average molecular weight is 868 g/mol. The van der Waals surface area contributed by atoms with E-state index in [1.165, 1.54) is 0 Å². The van der Waals surface area contributed by atoms with Gasteiger partial charge in [-0.15, -0.1) is 6.42 Å². The van der Waals surface area contributed by atoms with Gasteiger partial charge in [-0.2, -0.15) is 0 Å². The SMILES string of the molecule is C#CCN(CC(=O)OCC)C(=O)CCCO[C@]1(C(=O)OC)C[C@H](OC(C)=O)[C@@H](NC(=O)COC(C)=O)[C@H]([C@H](OC(C)=O)[C@@H](CNC(=O)Cc2ccc(Cl)cc2)OC(C)=O)O1. The van der Waals surface area contributed by atoms with Crippen LogP contribution in [0, 0.1) is 12.3 Å². The fourth-order valence-corrected chi connectivity index (χ4v) is 6.05. The summed E-state index contributed by atoms with van der Waals surface area (Å²) in [6.07, 6.45) is -2.69. The molecule has 330 valence electrons. The standard InChI is InChI=1S/C39H50ClN3O17/c1-8-16-43(21-34(51)54-9-2)33(50)11-10-17-56-39(38(52)53-7)19-29(57-24(4)45)35(42-32(49)22-55-23(3)44)37(60-39)36(59-26(6)47)30(58-25(5)46)20-41-31(48)18-27-12-14-28(40)15-13-27/h1,12-15,29-30,35-37H,9-11,16-22H2,2-7H3,(H,41,48)(H,42,49)/t29-,30+,35+,36+,37+,39+/m0/s1. The molecule has 21 heteroatoms. The molecule has 0 aliphatic carbocycles. The molecule has 0 unspecified atom stereocenters. The first-order valence-corrected chi connectivity index (χ1v) is 18.9. The fourth-order valence-electron chi connectivity index (χ4n) is 5.93. The van der Waals surface area contributed by atoms with Crippen LogP contribution in [0.15, 0.2) is 24.3 Å². The Bertz CT molecular complexity index is 1750. The van der Waals surface area contributed by atoms with Crippen LogP contribution in [0.5, 0.6) is 0 Å². The molecule has 2 rings (SSSR count). The van der Waals surface area contributed by atoms with E-state index >= 15 is 0 Å². The van der Waals surface area contributed by atoms with Crippen molar-refractivity contribution in [2.24, 2.45) is 0 Å². The van der Waals surface area contributed by atoms with E-state index in [0.29, 0.717) is 10.6 Å². The summed E-state index contributed by atoms with van der Waals surface area (Å²) in [7, 11) is 0.984. The minimum absolute atomic E-state index is 0.0747.